The predicted octanol–water partition coefficient (Wildman–Crippen LogP) is 1.47. The Morgan fingerprint density at radius 2 is 2.28 bits per heavy atom. The lowest BCUT2D eigenvalue weighted by atomic mass is 9.99. The van der Waals surface area contributed by atoms with E-state index >= 15 is 0 Å². The standard InChI is InChI=1S/C13H15NO4/c1-9-7-14(8-11(9)13(16)17)12(15)5-4-10-3-2-6-18-10/h2-6,9,11H,7-8H2,1H3,(H,16,17)/b5-4+/t9-,11-/m1/s1. The number of amides is 1. The van der Waals surface area contributed by atoms with Gasteiger partial charge < -0.3 is 14.4 Å². The van der Waals surface area contributed by atoms with Crippen LogP contribution in [0.25, 0.3) is 6.08 Å². The molecule has 0 aliphatic carbocycles. The molecule has 1 aromatic rings. The first-order chi connectivity index (χ1) is 8.58. The molecular weight excluding hydrogens is 234 g/mol. The Labute approximate surface area is 105 Å². The second kappa shape index (κ2) is 5.08. The van der Waals surface area contributed by atoms with Gasteiger partial charge in [-0.1, -0.05) is 6.92 Å². The summed E-state index contributed by atoms with van der Waals surface area (Å²) in [6, 6.07) is 3.49. The third-order valence-electron chi connectivity index (χ3n) is 3.17. The molecule has 2 rings (SSSR count). The van der Waals surface area contributed by atoms with Crippen LogP contribution in [-0.2, 0) is 9.59 Å². The maximum atomic E-state index is 11.9. The van der Waals surface area contributed by atoms with Crippen molar-refractivity contribution < 1.29 is 19.1 Å². The van der Waals surface area contributed by atoms with E-state index in [4.69, 9.17) is 9.52 Å². The van der Waals surface area contributed by atoms with Crippen LogP contribution in [0.3, 0.4) is 0 Å². The molecular formula is C13H15NO4. The van der Waals surface area contributed by atoms with Crippen LogP contribution in [0.1, 0.15) is 12.7 Å². The molecule has 5 nitrogen and oxygen atoms in total. The van der Waals surface area contributed by atoms with Crippen LogP contribution in [-0.4, -0.2) is 35.0 Å². The molecule has 0 radical (unpaired) electrons. The van der Waals surface area contributed by atoms with E-state index in [1.54, 1.807) is 23.1 Å². The molecule has 0 bridgehead atoms. The van der Waals surface area contributed by atoms with Gasteiger partial charge in [0.05, 0.1) is 12.2 Å². The first-order valence-corrected chi connectivity index (χ1v) is 5.81. The summed E-state index contributed by atoms with van der Waals surface area (Å²) in [5, 5.41) is 8.99. The largest absolute Gasteiger partial charge is 0.481 e. The Morgan fingerprint density at radius 1 is 1.50 bits per heavy atom. The van der Waals surface area contributed by atoms with Crippen molar-refractivity contribution >= 4 is 18.0 Å². The van der Waals surface area contributed by atoms with Crippen LogP contribution in [0, 0.1) is 11.8 Å². The van der Waals surface area contributed by atoms with E-state index in [2.05, 4.69) is 0 Å². The van der Waals surface area contributed by atoms with Gasteiger partial charge in [-0.05, 0) is 24.1 Å². The summed E-state index contributed by atoms with van der Waals surface area (Å²) in [6.45, 7) is 2.61. The average molecular weight is 249 g/mol. The summed E-state index contributed by atoms with van der Waals surface area (Å²) < 4.78 is 5.08. The Hall–Kier alpha value is -2.04. The molecule has 1 N–H and O–H groups in total. The minimum absolute atomic E-state index is 0.0107. The molecule has 96 valence electrons. The summed E-state index contributed by atoms with van der Waals surface area (Å²) in [7, 11) is 0. The fourth-order valence-electron chi connectivity index (χ4n) is 2.11. The number of rotatable bonds is 3. The third kappa shape index (κ3) is 2.61. The van der Waals surface area contributed by atoms with E-state index in [1.165, 1.54) is 12.3 Å². The molecule has 1 aliphatic heterocycles. The van der Waals surface area contributed by atoms with Crippen LogP contribution in [0.4, 0.5) is 0 Å². The number of hydrogen-bond acceptors (Lipinski definition) is 3. The molecule has 1 aliphatic rings. The van der Waals surface area contributed by atoms with E-state index in [0.29, 0.717) is 12.3 Å². The van der Waals surface area contributed by atoms with E-state index in [1.807, 2.05) is 6.92 Å². The molecule has 5 heteroatoms. The fourth-order valence-corrected chi connectivity index (χ4v) is 2.11. The highest BCUT2D eigenvalue weighted by Gasteiger charge is 2.36. The van der Waals surface area contributed by atoms with Crippen molar-refractivity contribution in [2.45, 2.75) is 6.92 Å². The van der Waals surface area contributed by atoms with Gasteiger partial charge in [0.25, 0.3) is 0 Å². The van der Waals surface area contributed by atoms with Gasteiger partial charge in [0, 0.05) is 19.2 Å². The SMILES string of the molecule is C[C@@H]1CN(C(=O)/C=C/c2ccco2)C[C@H]1C(=O)O. The van der Waals surface area contributed by atoms with Crippen LogP contribution < -0.4 is 0 Å². The summed E-state index contributed by atoms with van der Waals surface area (Å²) in [6.07, 6.45) is 4.53. The van der Waals surface area contributed by atoms with Crippen LogP contribution in [0.15, 0.2) is 28.9 Å². The lowest BCUT2D eigenvalue weighted by molar-refractivity contribution is -0.142. The topological polar surface area (TPSA) is 70.8 Å². The zero-order valence-electron chi connectivity index (χ0n) is 10.1. The van der Waals surface area contributed by atoms with Crippen molar-refractivity contribution in [3.8, 4) is 0 Å². The van der Waals surface area contributed by atoms with Gasteiger partial charge in [0.1, 0.15) is 5.76 Å². The summed E-state index contributed by atoms with van der Waals surface area (Å²) in [4.78, 5) is 24.4. The molecule has 2 heterocycles. The molecule has 1 aromatic heterocycles. The maximum absolute atomic E-state index is 11.9. The van der Waals surface area contributed by atoms with E-state index in [0.717, 1.165) is 0 Å². The van der Waals surface area contributed by atoms with Gasteiger partial charge in [0.2, 0.25) is 5.91 Å². The fraction of sp³-hybridized carbons (Fsp3) is 0.385. The smallest absolute Gasteiger partial charge is 0.308 e. The lowest BCUT2D eigenvalue weighted by Crippen LogP contribution is -2.28. The highest BCUT2D eigenvalue weighted by molar-refractivity contribution is 5.92. The monoisotopic (exact) mass is 249 g/mol. The van der Waals surface area contributed by atoms with Gasteiger partial charge in [-0.15, -0.1) is 0 Å². The Bertz CT molecular complexity index is 463. The molecule has 2 atom stereocenters. The number of furan rings is 1. The van der Waals surface area contributed by atoms with E-state index in [9.17, 15) is 9.59 Å². The normalized spacial score (nSPS) is 23.7. The minimum Gasteiger partial charge on any atom is -0.481 e. The van der Waals surface area contributed by atoms with E-state index < -0.39 is 11.9 Å². The van der Waals surface area contributed by atoms with Gasteiger partial charge >= 0.3 is 5.97 Å². The van der Waals surface area contributed by atoms with Crippen LogP contribution >= 0.6 is 0 Å². The Balaban J connectivity index is 1.97. The van der Waals surface area contributed by atoms with Crippen LogP contribution in [0.2, 0.25) is 0 Å². The summed E-state index contributed by atoms with van der Waals surface area (Å²) in [5.41, 5.74) is 0. The predicted molar refractivity (Wildman–Crippen MR) is 64.6 cm³/mol. The first kappa shape index (κ1) is 12.4. The molecule has 0 unspecified atom stereocenters. The van der Waals surface area contributed by atoms with Gasteiger partial charge in [-0.3, -0.25) is 9.59 Å². The van der Waals surface area contributed by atoms with Crippen molar-refractivity contribution in [2.24, 2.45) is 11.8 Å². The third-order valence-corrected chi connectivity index (χ3v) is 3.17. The molecule has 0 saturated carbocycles. The maximum Gasteiger partial charge on any atom is 0.308 e. The summed E-state index contributed by atoms with van der Waals surface area (Å²) in [5.74, 6) is -0.894. The lowest BCUT2D eigenvalue weighted by Gasteiger charge is -2.12. The molecule has 0 aromatic carbocycles. The van der Waals surface area contributed by atoms with Gasteiger partial charge in [0.15, 0.2) is 0 Å². The zero-order chi connectivity index (χ0) is 13.1. The van der Waals surface area contributed by atoms with Crippen LogP contribution in [0.5, 0.6) is 0 Å². The second-order valence-corrected chi connectivity index (χ2v) is 4.51. The number of carbonyl (C=O) groups is 2. The first-order valence-electron chi connectivity index (χ1n) is 5.81. The van der Waals surface area contributed by atoms with Crippen molar-refractivity contribution in [2.75, 3.05) is 13.1 Å². The highest BCUT2D eigenvalue weighted by Crippen LogP contribution is 2.23. The zero-order valence-corrected chi connectivity index (χ0v) is 10.1. The number of carboxylic acid groups (broad SMARTS) is 1. The molecule has 1 saturated heterocycles. The Kier molecular flexibility index (Phi) is 3.50. The molecule has 0 spiro atoms. The number of carboxylic acids is 1. The molecule has 18 heavy (non-hydrogen) atoms. The second-order valence-electron chi connectivity index (χ2n) is 4.51. The van der Waals surface area contributed by atoms with Gasteiger partial charge in [-0.2, -0.15) is 0 Å². The van der Waals surface area contributed by atoms with Crippen molar-refractivity contribution in [1.82, 2.24) is 4.90 Å². The highest BCUT2D eigenvalue weighted by atomic mass is 16.4. The number of hydrogen-bond donors (Lipinski definition) is 1. The minimum atomic E-state index is -0.840. The van der Waals surface area contributed by atoms with E-state index in [-0.39, 0.29) is 18.4 Å². The van der Waals surface area contributed by atoms with Crippen molar-refractivity contribution in [3.05, 3.63) is 30.2 Å². The number of carbonyl (C=O) groups excluding carboxylic acids is 1. The number of nitrogens with zero attached hydrogens (tertiary/aromatic N) is 1. The van der Waals surface area contributed by atoms with Crippen molar-refractivity contribution in [1.29, 1.82) is 0 Å². The quantitative estimate of drug-likeness (QED) is 0.823. The summed E-state index contributed by atoms with van der Waals surface area (Å²) >= 11 is 0. The molecule has 1 fully saturated rings. The number of aliphatic carboxylic acids is 1. The van der Waals surface area contributed by atoms with Gasteiger partial charge in [-0.25, -0.2) is 0 Å². The number of likely N-dealkylation sites (tertiary alicyclic amines) is 1. The van der Waals surface area contributed by atoms with Crippen molar-refractivity contribution in [3.63, 3.8) is 0 Å². The average Bonchev–Trinajstić information content (AvgIpc) is 2.94. The Morgan fingerprint density at radius 3 is 2.83 bits per heavy atom. The molecule has 1 amide bonds.